The number of hydrogen-bond donors (Lipinski definition) is 2. The summed E-state index contributed by atoms with van der Waals surface area (Å²) in [7, 11) is 0. The topological polar surface area (TPSA) is 66.0 Å². The minimum Gasteiger partial charge on any atom is -0.372 e. The van der Waals surface area contributed by atoms with Gasteiger partial charge in [-0.1, -0.05) is 12.1 Å². The second-order valence-corrected chi connectivity index (χ2v) is 8.28. The molecule has 0 radical (unpaired) electrons. The molecule has 0 unspecified atom stereocenters. The maximum absolute atomic E-state index is 12.9. The van der Waals surface area contributed by atoms with Gasteiger partial charge in [-0.3, -0.25) is 9.89 Å². The zero-order valence-electron chi connectivity index (χ0n) is 17.0. The number of benzene rings is 1. The van der Waals surface area contributed by atoms with Crippen molar-refractivity contribution in [1.29, 1.82) is 0 Å². The third-order valence-corrected chi connectivity index (χ3v) is 6.62. The van der Waals surface area contributed by atoms with E-state index < -0.39 is 0 Å². The number of rotatable bonds is 3. The first-order chi connectivity index (χ1) is 14.1. The summed E-state index contributed by atoms with van der Waals surface area (Å²) < 4.78 is 2.30. The van der Waals surface area contributed by atoms with Crippen LogP contribution < -0.4 is 5.32 Å². The largest absolute Gasteiger partial charge is 0.372 e. The number of carbonyl (C=O) groups excluding carboxylic acids is 1. The zero-order valence-corrected chi connectivity index (χ0v) is 17.0. The number of aryl methyl sites for hydroxylation is 2. The van der Waals surface area contributed by atoms with Gasteiger partial charge in [-0.15, -0.1) is 0 Å². The highest BCUT2D eigenvalue weighted by atomic mass is 16.2. The van der Waals surface area contributed by atoms with E-state index in [4.69, 9.17) is 0 Å². The molecule has 6 heteroatoms. The molecule has 1 amide bonds. The fraction of sp³-hybridized carbons (Fsp3) is 0.391. The number of aromatic amines is 1. The van der Waals surface area contributed by atoms with Crippen LogP contribution in [0.5, 0.6) is 0 Å². The lowest BCUT2D eigenvalue weighted by atomic mass is 9.82. The van der Waals surface area contributed by atoms with Gasteiger partial charge in [-0.25, -0.2) is 0 Å². The number of fused-ring (bicyclic) bond motifs is 4. The van der Waals surface area contributed by atoms with Gasteiger partial charge in [-0.2, -0.15) is 5.10 Å². The Labute approximate surface area is 170 Å². The first-order valence-electron chi connectivity index (χ1n) is 10.4. The molecule has 1 saturated heterocycles. The Bertz CT molecular complexity index is 1040. The van der Waals surface area contributed by atoms with Gasteiger partial charge in [0.1, 0.15) is 0 Å². The predicted octanol–water partition coefficient (Wildman–Crippen LogP) is 3.69. The van der Waals surface area contributed by atoms with Crippen LogP contribution in [-0.2, 0) is 16.8 Å². The molecular formula is C23H27N5O. The summed E-state index contributed by atoms with van der Waals surface area (Å²) in [4.78, 5) is 14.9. The highest BCUT2D eigenvalue weighted by Crippen LogP contribution is 2.43. The van der Waals surface area contributed by atoms with Gasteiger partial charge in [0.05, 0.1) is 22.6 Å². The Kier molecular flexibility index (Phi) is 4.23. The second-order valence-electron chi connectivity index (χ2n) is 8.28. The highest BCUT2D eigenvalue weighted by Gasteiger charge is 2.42. The van der Waals surface area contributed by atoms with Crippen molar-refractivity contribution in [3.05, 3.63) is 65.2 Å². The van der Waals surface area contributed by atoms with Crippen LogP contribution in [0.25, 0.3) is 5.69 Å². The summed E-state index contributed by atoms with van der Waals surface area (Å²) >= 11 is 0. The number of anilines is 1. The van der Waals surface area contributed by atoms with Gasteiger partial charge in [0.15, 0.2) is 0 Å². The number of amides is 1. The van der Waals surface area contributed by atoms with Crippen LogP contribution in [0.3, 0.4) is 0 Å². The van der Waals surface area contributed by atoms with Crippen molar-refractivity contribution in [1.82, 2.24) is 19.7 Å². The van der Waals surface area contributed by atoms with Gasteiger partial charge in [0.25, 0.3) is 0 Å². The second kappa shape index (κ2) is 6.79. The molecule has 1 fully saturated rings. The van der Waals surface area contributed by atoms with Gasteiger partial charge in [0, 0.05) is 37.1 Å². The fourth-order valence-electron chi connectivity index (χ4n) is 4.94. The van der Waals surface area contributed by atoms with Crippen LogP contribution in [0.2, 0.25) is 0 Å². The Balaban J connectivity index is 1.29. The number of aromatic nitrogens is 3. The minimum atomic E-state index is -0.105. The monoisotopic (exact) mass is 389 g/mol. The molecule has 0 aliphatic carbocycles. The molecule has 2 N–H and O–H groups in total. The molecular weight excluding hydrogens is 362 g/mol. The lowest BCUT2D eigenvalue weighted by Crippen LogP contribution is -2.51. The molecule has 4 heterocycles. The molecule has 3 aromatic rings. The first-order valence-corrected chi connectivity index (χ1v) is 10.4. The molecule has 0 saturated carbocycles. The smallest absolute Gasteiger partial charge is 0.222 e. The summed E-state index contributed by atoms with van der Waals surface area (Å²) in [5, 5.41) is 11.1. The van der Waals surface area contributed by atoms with E-state index in [-0.39, 0.29) is 11.4 Å². The van der Waals surface area contributed by atoms with Gasteiger partial charge < -0.3 is 14.8 Å². The number of carbonyl (C=O) groups is 1. The van der Waals surface area contributed by atoms with E-state index in [2.05, 4.69) is 62.7 Å². The number of H-pyrrole nitrogens is 1. The molecule has 2 aliphatic heterocycles. The quantitative estimate of drug-likeness (QED) is 0.718. The fourth-order valence-corrected chi connectivity index (χ4v) is 4.94. The van der Waals surface area contributed by atoms with Gasteiger partial charge >= 0.3 is 0 Å². The molecule has 29 heavy (non-hydrogen) atoms. The van der Waals surface area contributed by atoms with Crippen molar-refractivity contribution < 1.29 is 4.79 Å². The lowest BCUT2D eigenvalue weighted by Gasteiger charge is -2.46. The number of piperidine rings is 1. The van der Waals surface area contributed by atoms with Crippen molar-refractivity contribution in [2.75, 3.05) is 18.4 Å². The van der Waals surface area contributed by atoms with E-state index in [1.54, 1.807) is 0 Å². The van der Waals surface area contributed by atoms with E-state index in [0.29, 0.717) is 6.42 Å². The van der Waals surface area contributed by atoms with Crippen LogP contribution in [0, 0.1) is 13.8 Å². The molecule has 0 bridgehead atoms. The minimum absolute atomic E-state index is 0.105. The standard InChI is InChI=1S/C23H27N5O/c1-16-18(17(2)26-25-16)9-10-22(29)27-14-11-23(12-15-27)21-8-5-13-28(21)20-7-4-3-6-19(20)24-23/h3-8,13,24H,9-12,14-15H2,1-2H3,(H,25,26). The van der Waals surface area contributed by atoms with E-state index in [0.717, 1.165) is 43.7 Å². The van der Waals surface area contributed by atoms with Gasteiger partial charge in [0.2, 0.25) is 5.91 Å². The highest BCUT2D eigenvalue weighted by molar-refractivity contribution is 5.77. The van der Waals surface area contributed by atoms with E-state index in [1.165, 1.54) is 22.6 Å². The average molecular weight is 390 g/mol. The molecule has 2 aromatic heterocycles. The van der Waals surface area contributed by atoms with E-state index in [1.807, 2.05) is 18.7 Å². The summed E-state index contributed by atoms with van der Waals surface area (Å²) in [6, 6.07) is 12.8. The SMILES string of the molecule is Cc1n[nH]c(C)c1CCC(=O)N1CCC2(CC1)Nc1ccccc1-n1cccc12. The number of para-hydroxylation sites is 2. The van der Waals surface area contributed by atoms with Crippen molar-refractivity contribution in [3.63, 3.8) is 0 Å². The third kappa shape index (κ3) is 2.94. The number of nitrogens with zero attached hydrogens (tertiary/aromatic N) is 3. The maximum atomic E-state index is 12.9. The molecule has 150 valence electrons. The lowest BCUT2D eigenvalue weighted by molar-refractivity contribution is -0.132. The van der Waals surface area contributed by atoms with Crippen LogP contribution in [0.15, 0.2) is 42.6 Å². The normalized spacial score (nSPS) is 17.0. The summed E-state index contributed by atoms with van der Waals surface area (Å²) in [5.41, 5.74) is 6.80. The maximum Gasteiger partial charge on any atom is 0.222 e. The molecule has 6 nitrogen and oxygen atoms in total. The Morgan fingerprint density at radius 1 is 1.14 bits per heavy atom. The number of hydrogen-bond acceptors (Lipinski definition) is 3. The molecule has 2 aliphatic rings. The van der Waals surface area contributed by atoms with Crippen molar-refractivity contribution in [3.8, 4) is 5.69 Å². The number of likely N-dealkylation sites (tertiary alicyclic amines) is 1. The van der Waals surface area contributed by atoms with Gasteiger partial charge in [-0.05, 0) is 62.9 Å². The molecule has 5 rings (SSSR count). The summed E-state index contributed by atoms with van der Waals surface area (Å²) in [6.45, 7) is 5.58. The Morgan fingerprint density at radius 2 is 1.93 bits per heavy atom. The molecule has 1 aromatic carbocycles. The Morgan fingerprint density at radius 3 is 2.69 bits per heavy atom. The zero-order chi connectivity index (χ0) is 20.0. The van der Waals surface area contributed by atoms with Crippen LogP contribution in [0.4, 0.5) is 5.69 Å². The molecule has 0 atom stereocenters. The van der Waals surface area contributed by atoms with Crippen LogP contribution in [-0.4, -0.2) is 38.7 Å². The Hall–Kier alpha value is -3.02. The van der Waals surface area contributed by atoms with Crippen molar-refractivity contribution in [2.45, 2.75) is 45.1 Å². The summed E-state index contributed by atoms with van der Waals surface area (Å²) in [5.74, 6) is 0.242. The third-order valence-electron chi connectivity index (χ3n) is 6.62. The predicted molar refractivity (Wildman–Crippen MR) is 113 cm³/mol. The van der Waals surface area contributed by atoms with Crippen LogP contribution in [0.1, 0.15) is 41.9 Å². The first kappa shape index (κ1) is 18.0. The van der Waals surface area contributed by atoms with E-state index >= 15 is 0 Å². The summed E-state index contributed by atoms with van der Waals surface area (Å²) in [6.07, 6.45) is 5.27. The van der Waals surface area contributed by atoms with E-state index in [9.17, 15) is 4.79 Å². The molecule has 1 spiro atoms. The van der Waals surface area contributed by atoms with Crippen molar-refractivity contribution in [2.24, 2.45) is 0 Å². The average Bonchev–Trinajstić information content (AvgIpc) is 3.35. The van der Waals surface area contributed by atoms with Crippen molar-refractivity contribution >= 4 is 11.6 Å². The number of nitrogens with one attached hydrogen (secondary N) is 2. The van der Waals surface area contributed by atoms with Crippen LogP contribution >= 0.6 is 0 Å².